The van der Waals surface area contributed by atoms with Gasteiger partial charge in [0.1, 0.15) is 6.29 Å². The number of hydrazine groups is 1. The summed E-state index contributed by atoms with van der Waals surface area (Å²) in [7, 11) is 0. The largest absolute Gasteiger partial charge is 0.464 e. The Labute approximate surface area is 101 Å². The Morgan fingerprint density at radius 1 is 1.29 bits per heavy atom. The van der Waals surface area contributed by atoms with Crippen molar-refractivity contribution in [2.75, 3.05) is 0 Å². The monoisotopic (exact) mass is 244 g/mol. The van der Waals surface area contributed by atoms with Crippen LogP contribution in [-0.2, 0) is 9.59 Å². The quantitative estimate of drug-likeness (QED) is 0.386. The zero-order valence-electron chi connectivity index (χ0n) is 10.4. The smallest absolute Gasteiger partial charge is 0.423 e. The van der Waals surface area contributed by atoms with Gasteiger partial charge in [0.25, 0.3) is 0 Å². The van der Waals surface area contributed by atoms with Crippen molar-refractivity contribution in [3.8, 4) is 0 Å². The number of unbranched alkanes of at least 4 members (excludes halogenated alkanes) is 1. The molecule has 0 saturated heterocycles. The summed E-state index contributed by atoms with van der Waals surface area (Å²) < 4.78 is 0. The lowest BCUT2D eigenvalue weighted by Gasteiger charge is -2.29. The van der Waals surface area contributed by atoms with Crippen LogP contribution in [0, 0.1) is 11.3 Å². The van der Waals surface area contributed by atoms with Crippen molar-refractivity contribution >= 4 is 18.3 Å². The summed E-state index contributed by atoms with van der Waals surface area (Å²) in [6.07, 6.45) is 1.08. The molecule has 0 aromatic heterocycles. The number of amides is 2. The van der Waals surface area contributed by atoms with Gasteiger partial charge in [-0.1, -0.05) is 20.8 Å². The molecule has 0 radical (unpaired) electrons. The van der Waals surface area contributed by atoms with E-state index in [4.69, 9.17) is 5.11 Å². The minimum Gasteiger partial charge on any atom is -0.464 e. The van der Waals surface area contributed by atoms with Crippen LogP contribution in [0.4, 0.5) is 4.79 Å². The van der Waals surface area contributed by atoms with Crippen LogP contribution in [0.5, 0.6) is 0 Å². The van der Waals surface area contributed by atoms with Crippen LogP contribution >= 0.6 is 0 Å². The van der Waals surface area contributed by atoms with Gasteiger partial charge in [0.2, 0.25) is 5.91 Å². The molecule has 6 heteroatoms. The molecule has 1 atom stereocenters. The first-order valence-electron chi connectivity index (χ1n) is 5.51. The predicted molar refractivity (Wildman–Crippen MR) is 62.2 cm³/mol. The van der Waals surface area contributed by atoms with Crippen molar-refractivity contribution in [2.24, 2.45) is 11.3 Å². The van der Waals surface area contributed by atoms with Crippen LogP contribution in [0.25, 0.3) is 0 Å². The average molecular weight is 244 g/mol. The Morgan fingerprint density at radius 3 is 2.29 bits per heavy atom. The van der Waals surface area contributed by atoms with E-state index in [2.05, 4.69) is 5.43 Å². The van der Waals surface area contributed by atoms with Gasteiger partial charge in [0.05, 0.1) is 0 Å². The molecule has 0 aromatic carbocycles. The van der Waals surface area contributed by atoms with Gasteiger partial charge in [0, 0.05) is 12.3 Å². The topological polar surface area (TPSA) is 95.5 Å². The van der Waals surface area contributed by atoms with E-state index in [0.717, 1.165) is 6.29 Å². The third kappa shape index (κ3) is 6.55. The number of rotatable bonds is 5. The van der Waals surface area contributed by atoms with Crippen molar-refractivity contribution in [3.63, 3.8) is 0 Å². The molecule has 6 nitrogen and oxygen atoms in total. The highest BCUT2D eigenvalue weighted by Gasteiger charge is 2.30. The molecule has 98 valence electrons. The minimum atomic E-state index is -1.31. The van der Waals surface area contributed by atoms with E-state index in [-0.39, 0.29) is 17.2 Å². The molecular weight excluding hydrogens is 224 g/mol. The molecule has 0 bridgehead atoms. The first-order chi connectivity index (χ1) is 7.79. The molecule has 17 heavy (non-hydrogen) atoms. The van der Waals surface area contributed by atoms with Crippen molar-refractivity contribution < 1.29 is 19.5 Å². The highest BCUT2D eigenvalue weighted by molar-refractivity contribution is 5.81. The summed E-state index contributed by atoms with van der Waals surface area (Å²) in [6, 6.07) is 0. The lowest BCUT2D eigenvalue weighted by molar-refractivity contribution is -0.129. The van der Waals surface area contributed by atoms with E-state index >= 15 is 0 Å². The van der Waals surface area contributed by atoms with Crippen molar-refractivity contribution in [2.45, 2.75) is 40.0 Å². The maximum absolute atomic E-state index is 11.8. The molecule has 0 saturated carbocycles. The van der Waals surface area contributed by atoms with Crippen LogP contribution in [0.1, 0.15) is 40.0 Å². The highest BCUT2D eigenvalue weighted by Crippen LogP contribution is 2.30. The summed E-state index contributed by atoms with van der Waals surface area (Å²) >= 11 is 0. The van der Waals surface area contributed by atoms with E-state index in [1.165, 1.54) is 0 Å². The molecule has 0 fully saturated rings. The van der Waals surface area contributed by atoms with Gasteiger partial charge in [-0.2, -0.15) is 0 Å². The molecule has 0 rings (SSSR count). The normalized spacial score (nSPS) is 12.6. The van der Waals surface area contributed by atoms with Crippen molar-refractivity contribution in [1.29, 1.82) is 0 Å². The number of carbonyl (C=O) groups is 3. The van der Waals surface area contributed by atoms with E-state index < -0.39 is 6.09 Å². The summed E-state index contributed by atoms with van der Waals surface area (Å²) in [5.41, 5.74) is 3.69. The van der Waals surface area contributed by atoms with E-state index in [1.807, 2.05) is 26.2 Å². The number of aldehydes is 1. The standard InChI is InChI=1S/C11H20N2O4/c1-11(2,3)8(6-4-5-7-14)9(15)12-13-10(16)17/h7-8,13H,4-6H2,1-3H3,(H,12,15)(H,16,17). The van der Waals surface area contributed by atoms with Gasteiger partial charge in [-0.15, -0.1) is 0 Å². The Hall–Kier alpha value is -1.59. The second-order valence-corrected chi connectivity index (χ2v) is 4.94. The summed E-state index contributed by atoms with van der Waals surface area (Å²) in [4.78, 5) is 32.3. The number of hydrogen-bond acceptors (Lipinski definition) is 3. The molecular formula is C11H20N2O4. The number of hydrogen-bond donors (Lipinski definition) is 3. The molecule has 0 aromatic rings. The van der Waals surface area contributed by atoms with Crippen molar-refractivity contribution in [1.82, 2.24) is 10.9 Å². The Balaban J connectivity index is 4.41. The summed E-state index contributed by atoms with van der Waals surface area (Å²) in [5.74, 6) is -0.708. The Kier molecular flexibility index (Phi) is 6.23. The molecule has 0 spiro atoms. The fraction of sp³-hybridized carbons (Fsp3) is 0.727. The third-order valence-electron chi connectivity index (χ3n) is 2.47. The Morgan fingerprint density at radius 2 is 1.88 bits per heavy atom. The van der Waals surface area contributed by atoms with Crippen LogP contribution < -0.4 is 10.9 Å². The lowest BCUT2D eigenvalue weighted by Crippen LogP contribution is -2.46. The zero-order valence-corrected chi connectivity index (χ0v) is 10.4. The number of nitrogens with one attached hydrogen (secondary N) is 2. The molecule has 0 aliphatic carbocycles. The van der Waals surface area contributed by atoms with Crippen molar-refractivity contribution in [3.05, 3.63) is 0 Å². The molecule has 3 N–H and O–H groups in total. The second kappa shape index (κ2) is 6.88. The van der Waals surface area contributed by atoms with Crippen LogP contribution in [0.3, 0.4) is 0 Å². The lowest BCUT2D eigenvalue weighted by atomic mass is 9.77. The zero-order chi connectivity index (χ0) is 13.5. The van der Waals surface area contributed by atoms with Gasteiger partial charge >= 0.3 is 6.09 Å². The van der Waals surface area contributed by atoms with Crippen LogP contribution in [0.2, 0.25) is 0 Å². The van der Waals surface area contributed by atoms with Gasteiger partial charge in [0.15, 0.2) is 0 Å². The van der Waals surface area contributed by atoms with Crippen LogP contribution in [0.15, 0.2) is 0 Å². The highest BCUT2D eigenvalue weighted by atomic mass is 16.4. The van der Waals surface area contributed by atoms with Gasteiger partial charge in [-0.25, -0.2) is 10.2 Å². The van der Waals surface area contributed by atoms with Gasteiger partial charge in [-0.3, -0.25) is 10.2 Å². The fourth-order valence-electron chi connectivity index (χ4n) is 1.56. The third-order valence-corrected chi connectivity index (χ3v) is 2.47. The summed E-state index contributed by atoms with van der Waals surface area (Å²) in [5, 5.41) is 8.39. The maximum atomic E-state index is 11.8. The summed E-state index contributed by atoms with van der Waals surface area (Å²) in [6.45, 7) is 5.71. The second-order valence-electron chi connectivity index (χ2n) is 4.94. The molecule has 0 aliphatic rings. The number of carboxylic acid groups (broad SMARTS) is 1. The van der Waals surface area contributed by atoms with E-state index in [9.17, 15) is 14.4 Å². The van der Waals surface area contributed by atoms with Gasteiger partial charge < -0.3 is 9.90 Å². The van der Waals surface area contributed by atoms with E-state index in [0.29, 0.717) is 19.3 Å². The predicted octanol–water partition coefficient (Wildman–Crippen LogP) is 1.32. The van der Waals surface area contributed by atoms with Gasteiger partial charge in [-0.05, 0) is 18.3 Å². The number of carbonyl (C=O) groups excluding carboxylic acids is 2. The Bertz CT molecular complexity index is 284. The molecule has 1 unspecified atom stereocenters. The molecule has 0 aliphatic heterocycles. The molecule has 0 heterocycles. The van der Waals surface area contributed by atoms with Crippen LogP contribution in [-0.4, -0.2) is 23.4 Å². The SMILES string of the molecule is CC(C)(C)C(CCCC=O)C(=O)NNC(=O)O. The molecule has 2 amide bonds. The minimum absolute atomic E-state index is 0.285. The first kappa shape index (κ1) is 15.4. The van der Waals surface area contributed by atoms with E-state index in [1.54, 1.807) is 0 Å². The first-order valence-corrected chi connectivity index (χ1v) is 5.51. The fourth-order valence-corrected chi connectivity index (χ4v) is 1.56. The maximum Gasteiger partial charge on any atom is 0.423 e. The average Bonchev–Trinajstić information content (AvgIpc) is 2.19.